The summed E-state index contributed by atoms with van der Waals surface area (Å²) in [7, 11) is 2.87. The lowest BCUT2D eigenvalue weighted by Crippen LogP contribution is -2.50. The summed E-state index contributed by atoms with van der Waals surface area (Å²) in [5.74, 6) is 0.192. The van der Waals surface area contributed by atoms with Gasteiger partial charge in [-0.2, -0.15) is 0 Å². The third-order valence-corrected chi connectivity index (χ3v) is 5.37. The van der Waals surface area contributed by atoms with Gasteiger partial charge in [0.2, 0.25) is 5.91 Å². The summed E-state index contributed by atoms with van der Waals surface area (Å²) in [6.07, 6.45) is 4.60. The Kier molecular flexibility index (Phi) is 7.11. The van der Waals surface area contributed by atoms with E-state index in [4.69, 9.17) is 4.42 Å². The lowest BCUT2D eigenvalue weighted by Gasteiger charge is -2.29. The van der Waals surface area contributed by atoms with E-state index in [0.29, 0.717) is 11.4 Å². The monoisotopic (exact) mass is 413 g/mol. The minimum atomic E-state index is -0.569. The van der Waals surface area contributed by atoms with Gasteiger partial charge in [0.15, 0.2) is 5.76 Å². The molecule has 8 heteroatoms. The quantitative estimate of drug-likeness (QED) is 0.671. The molecule has 0 spiro atoms. The van der Waals surface area contributed by atoms with E-state index in [-0.39, 0.29) is 17.6 Å². The van der Waals surface area contributed by atoms with Crippen LogP contribution in [0.25, 0.3) is 11.3 Å². The summed E-state index contributed by atoms with van der Waals surface area (Å²) in [5, 5.41) is 8.07. The van der Waals surface area contributed by atoms with Crippen molar-refractivity contribution in [2.24, 2.45) is 5.92 Å². The van der Waals surface area contributed by atoms with Crippen molar-refractivity contribution in [1.29, 1.82) is 0 Å². The molecule has 0 radical (unpaired) electrons. The predicted molar refractivity (Wildman–Crippen MR) is 112 cm³/mol. The second kappa shape index (κ2) is 9.96. The molecule has 1 saturated carbocycles. The summed E-state index contributed by atoms with van der Waals surface area (Å²) in [4.78, 5) is 36.3. The van der Waals surface area contributed by atoms with Gasteiger partial charge in [-0.25, -0.2) is 4.79 Å². The lowest BCUT2D eigenvalue weighted by molar-refractivity contribution is -0.124. The van der Waals surface area contributed by atoms with Crippen molar-refractivity contribution in [2.75, 3.05) is 19.5 Å². The van der Waals surface area contributed by atoms with Crippen molar-refractivity contribution in [2.45, 2.75) is 38.1 Å². The Bertz CT molecular complexity index is 884. The number of carbonyl (C=O) groups is 3. The Morgan fingerprint density at radius 3 is 2.37 bits per heavy atom. The van der Waals surface area contributed by atoms with Gasteiger partial charge in [-0.15, -0.1) is 0 Å². The summed E-state index contributed by atoms with van der Waals surface area (Å²) in [6, 6.07) is 9.67. The van der Waals surface area contributed by atoms with Crippen LogP contribution in [0.4, 0.5) is 10.5 Å². The Hall–Kier alpha value is -3.29. The fraction of sp³-hybridized carbons (Fsp3) is 0.409. The molecule has 160 valence electrons. The highest BCUT2D eigenvalue weighted by atomic mass is 16.5. The molecule has 0 bridgehead atoms. The van der Waals surface area contributed by atoms with Crippen molar-refractivity contribution in [3.8, 4) is 11.3 Å². The van der Waals surface area contributed by atoms with Crippen molar-refractivity contribution in [3.63, 3.8) is 0 Å². The predicted octanol–water partition coefficient (Wildman–Crippen LogP) is 3.55. The number of hydrogen-bond donors (Lipinski definition) is 3. The molecule has 2 aromatic rings. The van der Waals surface area contributed by atoms with Crippen molar-refractivity contribution in [3.05, 3.63) is 42.2 Å². The topological polar surface area (TPSA) is 110 Å². The summed E-state index contributed by atoms with van der Waals surface area (Å²) >= 11 is 0. The van der Waals surface area contributed by atoms with Gasteiger partial charge in [-0.05, 0) is 55.2 Å². The fourth-order valence-electron chi connectivity index (χ4n) is 3.73. The Morgan fingerprint density at radius 2 is 1.73 bits per heavy atom. The highest BCUT2D eigenvalue weighted by Gasteiger charge is 2.31. The second-order valence-corrected chi connectivity index (χ2v) is 7.32. The molecule has 1 heterocycles. The van der Waals surface area contributed by atoms with Gasteiger partial charge in [-0.3, -0.25) is 14.9 Å². The number of ether oxygens (including phenoxy) is 1. The lowest BCUT2D eigenvalue weighted by atomic mass is 9.83. The first-order chi connectivity index (χ1) is 14.5. The number of likely N-dealkylation sites (N-methyl/N-ethyl adjacent to an activating group) is 1. The number of furan rings is 1. The van der Waals surface area contributed by atoms with E-state index >= 15 is 0 Å². The van der Waals surface area contributed by atoms with Gasteiger partial charge < -0.3 is 19.8 Å². The van der Waals surface area contributed by atoms with Gasteiger partial charge >= 0.3 is 6.09 Å². The van der Waals surface area contributed by atoms with E-state index in [1.165, 1.54) is 13.5 Å². The molecule has 3 rings (SSSR count). The third kappa shape index (κ3) is 5.20. The number of hydrogen-bond acceptors (Lipinski definition) is 5. The minimum Gasteiger partial charge on any atom is -0.453 e. The normalized spacial score (nSPS) is 15.1. The number of anilines is 1. The molecule has 1 aliphatic rings. The Morgan fingerprint density at radius 1 is 1.03 bits per heavy atom. The van der Waals surface area contributed by atoms with E-state index < -0.39 is 18.0 Å². The highest BCUT2D eigenvalue weighted by Crippen LogP contribution is 2.28. The molecule has 8 nitrogen and oxygen atoms in total. The molecule has 1 unspecified atom stereocenters. The number of amides is 3. The number of methoxy groups -OCH3 is 1. The van der Waals surface area contributed by atoms with Crippen LogP contribution in [0.15, 0.2) is 40.8 Å². The van der Waals surface area contributed by atoms with Crippen molar-refractivity contribution < 1.29 is 23.5 Å². The SMILES string of the molecule is CNC(=O)C(NC(=O)c1ccc(-c2ccc(NC(=O)OC)cc2)o1)C1CCCCC1. The van der Waals surface area contributed by atoms with Crippen LogP contribution in [-0.4, -0.2) is 38.1 Å². The molecule has 1 aliphatic carbocycles. The van der Waals surface area contributed by atoms with Gasteiger partial charge in [0.05, 0.1) is 7.11 Å². The fourth-order valence-corrected chi connectivity index (χ4v) is 3.73. The van der Waals surface area contributed by atoms with Crippen LogP contribution in [-0.2, 0) is 9.53 Å². The van der Waals surface area contributed by atoms with Crippen LogP contribution in [0, 0.1) is 5.92 Å². The number of rotatable bonds is 6. The Balaban J connectivity index is 1.69. The third-order valence-electron chi connectivity index (χ3n) is 5.37. The van der Waals surface area contributed by atoms with Crippen LogP contribution in [0.1, 0.15) is 42.7 Å². The van der Waals surface area contributed by atoms with E-state index in [2.05, 4.69) is 20.7 Å². The van der Waals surface area contributed by atoms with Crippen LogP contribution in [0.5, 0.6) is 0 Å². The van der Waals surface area contributed by atoms with Crippen molar-refractivity contribution in [1.82, 2.24) is 10.6 Å². The van der Waals surface area contributed by atoms with Crippen LogP contribution in [0.3, 0.4) is 0 Å². The molecule has 1 atom stereocenters. The van der Waals surface area contributed by atoms with Gasteiger partial charge in [0.25, 0.3) is 5.91 Å². The van der Waals surface area contributed by atoms with Crippen LogP contribution >= 0.6 is 0 Å². The molecular weight excluding hydrogens is 386 g/mol. The molecule has 1 aromatic carbocycles. The average Bonchev–Trinajstić information content (AvgIpc) is 3.28. The summed E-state index contributed by atoms with van der Waals surface area (Å²) in [6.45, 7) is 0. The zero-order chi connectivity index (χ0) is 21.5. The maximum absolute atomic E-state index is 12.7. The van der Waals surface area contributed by atoms with Gasteiger partial charge in [0, 0.05) is 18.3 Å². The first-order valence-electron chi connectivity index (χ1n) is 10.1. The van der Waals surface area contributed by atoms with Crippen LogP contribution < -0.4 is 16.0 Å². The molecule has 0 aliphatic heterocycles. The van der Waals surface area contributed by atoms with Gasteiger partial charge in [0.1, 0.15) is 11.8 Å². The largest absolute Gasteiger partial charge is 0.453 e. The minimum absolute atomic E-state index is 0.131. The number of benzene rings is 1. The van der Waals surface area contributed by atoms with Crippen molar-refractivity contribution >= 4 is 23.6 Å². The van der Waals surface area contributed by atoms with Crippen LogP contribution in [0.2, 0.25) is 0 Å². The molecule has 0 saturated heterocycles. The average molecular weight is 413 g/mol. The maximum atomic E-state index is 12.7. The van der Waals surface area contributed by atoms with E-state index in [1.54, 1.807) is 43.4 Å². The van der Waals surface area contributed by atoms with E-state index in [1.807, 2.05) is 0 Å². The summed E-state index contributed by atoms with van der Waals surface area (Å²) < 4.78 is 10.3. The molecule has 3 N–H and O–H groups in total. The molecular formula is C22H27N3O5. The highest BCUT2D eigenvalue weighted by molar-refractivity contribution is 5.96. The summed E-state index contributed by atoms with van der Waals surface area (Å²) in [5.41, 5.74) is 1.33. The smallest absolute Gasteiger partial charge is 0.411 e. The molecule has 1 aromatic heterocycles. The van der Waals surface area contributed by atoms with E-state index in [9.17, 15) is 14.4 Å². The van der Waals surface area contributed by atoms with E-state index in [0.717, 1.165) is 31.2 Å². The molecule has 30 heavy (non-hydrogen) atoms. The second-order valence-electron chi connectivity index (χ2n) is 7.32. The Labute approximate surface area is 175 Å². The first kappa shape index (κ1) is 21.4. The zero-order valence-electron chi connectivity index (χ0n) is 17.2. The standard InChI is InChI=1S/C22H27N3O5/c1-23-21(27)19(15-6-4-3-5-7-15)25-20(26)18-13-12-17(30-18)14-8-10-16(11-9-14)24-22(28)29-2/h8-13,15,19H,3-7H2,1-2H3,(H,23,27)(H,24,28)(H,25,26). The maximum Gasteiger partial charge on any atom is 0.411 e. The molecule has 1 fully saturated rings. The van der Waals surface area contributed by atoms with Gasteiger partial charge in [-0.1, -0.05) is 19.3 Å². The molecule has 3 amide bonds. The number of nitrogens with one attached hydrogen (secondary N) is 3. The zero-order valence-corrected chi connectivity index (χ0v) is 17.2. The number of carbonyl (C=O) groups excluding carboxylic acids is 3. The first-order valence-corrected chi connectivity index (χ1v) is 10.1.